The molecule has 0 fully saturated rings. The van der Waals surface area contributed by atoms with E-state index in [2.05, 4.69) is 29.0 Å². The number of carbonyl (C=O) groups excluding carboxylic acids is 1. The molecule has 24 heavy (non-hydrogen) atoms. The first kappa shape index (κ1) is 20.2. The predicted octanol–water partition coefficient (Wildman–Crippen LogP) is 3.39. The van der Waals surface area contributed by atoms with Crippen LogP contribution in [-0.4, -0.2) is 51.1 Å². The summed E-state index contributed by atoms with van der Waals surface area (Å²) in [5, 5.41) is 2.95. The smallest absolute Gasteiger partial charge is 0.243 e. The molecule has 0 saturated carbocycles. The fourth-order valence-electron chi connectivity index (χ4n) is 2.50. The fourth-order valence-corrected chi connectivity index (χ4v) is 2.50. The molecule has 4 heteroatoms. The summed E-state index contributed by atoms with van der Waals surface area (Å²) in [6.45, 7) is 8.54. The van der Waals surface area contributed by atoms with Crippen LogP contribution in [0.15, 0.2) is 30.3 Å². The van der Waals surface area contributed by atoms with Gasteiger partial charge in [-0.25, -0.2) is 0 Å². The average molecular weight is 332 g/mol. The third kappa shape index (κ3) is 8.16. The van der Waals surface area contributed by atoms with Gasteiger partial charge in [-0.3, -0.25) is 4.79 Å². The molecule has 0 spiro atoms. The third-order valence-corrected chi connectivity index (χ3v) is 4.18. The van der Waals surface area contributed by atoms with Crippen LogP contribution >= 0.6 is 0 Å². The van der Waals surface area contributed by atoms with Gasteiger partial charge in [-0.1, -0.05) is 32.4 Å². The number of rotatable bonds is 11. The molecule has 0 bridgehead atoms. The maximum atomic E-state index is 11.8. The number of hydrogen-bond acceptors (Lipinski definition) is 3. The minimum absolute atomic E-state index is 0.0181. The summed E-state index contributed by atoms with van der Waals surface area (Å²) in [6.07, 6.45) is 6.87. The van der Waals surface area contributed by atoms with Crippen LogP contribution in [0.3, 0.4) is 0 Å². The number of anilines is 1. The summed E-state index contributed by atoms with van der Waals surface area (Å²) >= 11 is 0. The molecule has 0 aliphatic rings. The van der Waals surface area contributed by atoms with E-state index in [0.717, 1.165) is 50.3 Å². The van der Waals surface area contributed by atoms with Gasteiger partial charge in [-0.15, -0.1) is 0 Å². The van der Waals surface area contributed by atoms with Crippen molar-refractivity contribution in [1.29, 1.82) is 0 Å². The minimum atomic E-state index is -0.0181. The Kier molecular flexibility index (Phi) is 9.85. The van der Waals surface area contributed by atoms with Crippen molar-refractivity contribution in [2.24, 2.45) is 0 Å². The number of nitrogens with one attached hydrogen (secondary N) is 1. The lowest BCUT2D eigenvalue weighted by atomic mass is 10.2. The van der Waals surface area contributed by atoms with Gasteiger partial charge in [-0.2, -0.15) is 0 Å². The van der Waals surface area contributed by atoms with Gasteiger partial charge in [0.15, 0.2) is 0 Å². The maximum absolute atomic E-state index is 11.8. The largest absolute Gasteiger partial charge is 0.378 e. The molecule has 0 atom stereocenters. The molecule has 1 aromatic rings. The summed E-state index contributed by atoms with van der Waals surface area (Å²) in [5.74, 6) is -0.0181. The number of hydrogen-bond donors (Lipinski definition) is 1. The van der Waals surface area contributed by atoms with Crippen LogP contribution in [0.1, 0.15) is 38.7 Å². The van der Waals surface area contributed by atoms with Gasteiger partial charge in [0.25, 0.3) is 0 Å². The molecule has 0 aromatic heterocycles. The number of unbranched alkanes of at least 4 members (excludes halogenated alkanes) is 2. The Morgan fingerprint density at radius 1 is 1.04 bits per heavy atom. The van der Waals surface area contributed by atoms with Crippen molar-refractivity contribution >= 4 is 17.7 Å². The van der Waals surface area contributed by atoms with Crippen LogP contribution in [0.5, 0.6) is 0 Å². The summed E-state index contributed by atoms with van der Waals surface area (Å²) in [4.78, 5) is 16.3. The second-order valence-corrected chi connectivity index (χ2v) is 6.20. The average Bonchev–Trinajstić information content (AvgIpc) is 2.59. The molecule has 1 N–H and O–H groups in total. The Balaban J connectivity index is 2.19. The SMILES string of the molecule is CCN(CC)CCCCCNC(=O)/C=C/c1ccc(N(C)C)cc1. The molecular weight excluding hydrogens is 298 g/mol. The molecule has 0 saturated heterocycles. The fraction of sp³-hybridized carbons (Fsp3) is 0.550. The molecule has 1 rings (SSSR count). The highest BCUT2D eigenvalue weighted by Gasteiger charge is 1.99. The van der Waals surface area contributed by atoms with Gasteiger partial charge in [0.1, 0.15) is 0 Å². The van der Waals surface area contributed by atoms with E-state index in [-0.39, 0.29) is 5.91 Å². The molecule has 1 amide bonds. The van der Waals surface area contributed by atoms with Crippen molar-refractivity contribution in [3.05, 3.63) is 35.9 Å². The molecule has 0 radical (unpaired) electrons. The van der Waals surface area contributed by atoms with E-state index < -0.39 is 0 Å². The van der Waals surface area contributed by atoms with Gasteiger partial charge in [0, 0.05) is 32.4 Å². The molecule has 1 aromatic carbocycles. The highest BCUT2D eigenvalue weighted by molar-refractivity contribution is 5.91. The van der Waals surface area contributed by atoms with Crippen molar-refractivity contribution in [1.82, 2.24) is 10.2 Å². The number of carbonyl (C=O) groups is 1. The third-order valence-electron chi connectivity index (χ3n) is 4.18. The Morgan fingerprint density at radius 2 is 1.71 bits per heavy atom. The molecule has 4 nitrogen and oxygen atoms in total. The van der Waals surface area contributed by atoms with E-state index in [1.807, 2.05) is 44.4 Å². The zero-order chi connectivity index (χ0) is 17.8. The number of nitrogens with zero attached hydrogens (tertiary/aromatic N) is 2. The quantitative estimate of drug-likeness (QED) is 0.499. The van der Waals surface area contributed by atoms with Crippen LogP contribution in [0, 0.1) is 0 Å². The van der Waals surface area contributed by atoms with Gasteiger partial charge < -0.3 is 15.1 Å². The topological polar surface area (TPSA) is 35.6 Å². The standard InChI is InChI=1S/C20H33N3O/c1-5-23(6-2)17-9-7-8-16-21-20(24)15-12-18-10-13-19(14-11-18)22(3)4/h10-15H,5-9,16-17H2,1-4H3,(H,21,24)/b15-12+. The lowest BCUT2D eigenvalue weighted by molar-refractivity contribution is -0.116. The van der Waals surface area contributed by atoms with Crippen molar-refractivity contribution in [3.63, 3.8) is 0 Å². The van der Waals surface area contributed by atoms with E-state index in [4.69, 9.17) is 0 Å². The van der Waals surface area contributed by atoms with Crippen molar-refractivity contribution in [2.45, 2.75) is 33.1 Å². The normalized spacial score (nSPS) is 11.2. The Hall–Kier alpha value is -1.81. The lowest BCUT2D eigenvalue weighted by Gasteiger charge is -2.17. The first-order chi connectivity index (χ1) is 11.6. The molecule has 134 valence electrons. The van der Waals surface area contributed by atoms with Crippen molar-refractivity contribution < 1.29 is 4.79 Å². The van der Waals surface area contributed by atoms with Crippen LogP contribution in [-0.2, 0) is 4.79 Å². The molecular formula is C20H33N3O. The maximum Gasteiger partial charge on any atom is 0.243 e. The summed E-state index contributed by atoms with van der Waals surface area (Å²) < 4.78 is 0. The highest BCUT2D eigenvalue weighted by atomic mass is 16.1. The second kappa shape index (κ2) is 11.7. The minimum Gasteiger partial charge on any atom is -0.378 e. The highest BCUT2D eigenvalue weighted by Crippen LogP contribution is 2.13. The summed E-state index contributed by atoms with van der Waals surface area (Å²) in [5.41, 5.74) is 2.19. The van der Waals surface area contributed by atoms with Crippen molar-refractivity contribution in [2.75, 3.05) is 45.2 Å². The molecule has 0 unspecified atom stereocenters. The summed E-state index contributed by atoms with van der Waals surface area (Å²) in [7, 11) is 4.03. The van der Waals surface area contributed by atoms with Crippen LogP contribution < -0.4 is 10.2 Å². The zero-order valence-corrected chi connectivity index (χ0v) is 15.7. The van der Waals surface area contributed by atoms with Gasteiger partial charge in [-0.05, 0) is 56.2 Å². The van der Waals surface area contributed by atoms with E-state index in [1.165, 1.54) is 6.42 Å². The van der Waals surface area contributed by atoms with Gasteiger partial charge in [0.2, 0.25) is 5.91 Å². The Morgan fingerprint density at radius 3 is 2.29 bits per heavy atom. The zero-order valence-electron chi connectivity index (χ0n) is 15.7. The monoisotopic (exact) mass is 331 g/mol. The first-order valence-electron chi connectivity index (χ1n) is 9.02. The van der Waals surface area contributed by atoms with E-state index in [0.29, 0.717) is 0 Å². The van der Waals surface area contributed by atoms with Crippen LogP contribution in [0.25, 0.3) is 6.08 Å². The Bertz CT molecular complexity index is 490. The second-order valence-electron chi connectivity index (χ2n) is 6.20. The van der Waals surface area contributed by atoms with E-state index in [9.17, 15) is 4.79 Å². The first-order valence-corrected chi connectivity index (χ1v) is 9.02. The number of amides is 1. The molecule has 0 aliphatic carbocycles. The molecule has 0 heterocycles. The Labute approximate surface area is 147 Å². The number of benzene rings is 1. The van der Waals surface area contributed by atoms with Crippen LogP contribution in [0.2, 0.25) is 0 Å². The molecule has 0 aliphatic heterocycles. The predicted molar refractivity (Wildman–Crippen MR) is 104 cm³/mol. The van der Waals surface area contributed by atoms with E-state index >= 15 is 0 Å². The summed E-state index contributed by atoms with van der Waals surface area (Å²) in [6, 6.07) is 8.14. The van der Waals surface area contributed by atoms with Gasteiger partial charge in [0.05, 0.1) is 0 Å². The van der Waals surface area contributed by atoms with Crippen molar-refractivity contribution in [3.8, 4) is 0 Å². The van der Waals surface area contributed by atoms with Crippen LogP contribution in [0.4, 0.5) is 5.69 Å². The van der Waals surface area contributed by atoms with E-state index in [1.54, 1.807) is 6.08 Å². The lowest BCUT2D eigenvalue weighted by Crippen LogP contribution is -2.25. The van der Waals surface area contributed by atoms with Gasteiger partial charge >= 0.3 is 0 Å².